The van der Waals surface area contributed by atoms with Crippen molar-refractivity contribution in [2.75, 3.05) is 16.8 Å². The molecule has 5 N–H and O–H groups in total. The summed E-state index contributed by atoms with van der Waals surface area (Å²) in [5.74, 6) is 0.555. The Morgan fingerprint density at radius 1 is 1.00 bits per heavy atom. The largest absolute Gasteiger partial charge is 0.368 e. The van der Waals surface area contributed by atoms with Crippen LogP contribution in [0.25, 0.3) is 0 Å². The number of anilines is 4. The van der Waals surface area contributed by atoms with E-state index in [-0.39, 0.29) is 11.9 Å². The van der Waals surface area contributed by atoms with E-state index in [0.29, 0.717) is 5.95 Å². The summed E-state index contributed by atoms with van der Waals surface area (Å²) >= 11 is 0. The average molecular weight is 230 g/mol. The van der Waals surface area contributed by atoms with Crippen LogP contribution in [0.3, 0.4) is 0 Å². The van der Waals surface area contributed by atoms with Crippen LogP contribution < -0.4 is 16.8 Å². The number of aryl methyl sites for hydroxylation is 1. The zero-order chi connectivity index (χ0) is 12.4. The Labute approximate surface area is 99.1 Å². The first-order valence-electron chi connectivity index (χ1n) is 5.16. The molecule has 0 saturated carbocycles. The van der Waals surface area contributed by atoms with Gasteiger partial charge in [0.2, 0.25) is 17.8 Å². The molecule has 0 unspecified atom stereocenters. The van der Waals surface area contributed by atoms with Gasteiger partial charge in [0, 0.05) is 5.69 Å². The predicted octanol–water partition coefficient (Wildman–Crippen LogP) is 1.40. The summed E-state index contributed by atoms with van der Waals surface area (Å²) in [7, 11) is 0. The summed E-state index contributed by atoms with van der Waals surface area (Å²) in [5, 5.41) is 3.07. The molecule has 0 aliphatic heterocycles. The summed E-state index contributed by atoms with van der Waals surface area (Å²) in [4.78, 5) is 11.6. The maximum absolute atomic E-state index is 5.50. The zero-order valence-corrected chi connectivity index (χ0v) is 9.73. The van der Waals surface area contributed by atoms with E-state index in [1.165, 1.54) is 5.56 Å². The SMILES string of the molecule is Cc1cccc(Nc2nc(N)nc(N)n2)c1C. The Bertz CT molecular complexity index is 531. The Morgan fingerprint density at radius 3 is 2.29 bits per heavy atom. The van der Waals surface area contributed by atoms with Crippen LogP contribution in [0.5, 0.6) is 0 Å². The molecule has 0 fully saturated rings. The average Bonchev–Trinajstić information content (AvgIpc) is 2.23. The van der Waals surface area contributed by atoms with Gasteiger partial charge in [-0.3, -0.25) is 0 Å². The van der Waals surface area contributed by atoms with E-state index in [1.54, 1.807) is 0 Å². The third-order valence-corrected chi connectivity index (χ3v) is 2.52. The molecule has 0 aliphatic carbocycles. The van der Waals surface area contributed by atoms with Crippen LogP contribution in [0.15, 0.2) is 18.2 Å². The molecule has 0 amide bonds. The van der Waals surface area contributed by atoms with Gasteiger partial charge in [0.15, 0.2) is 0 Å². The molecular weight excluding hydrogens is 216 g/mol. The van der Waals surface area contributed by atoms with Crippen LogP contribution in [0.2, 0.25) is 0 Å². The molecule has 0 spiro atoms. The summed E-state index contributed by atoms with van der Waals surface area (Å²) in [5.41, 5.74) is 14.2. The predicted molar refractivity (Wildman–Crippen MR) is 67.9 cm³/mol. The molecule has 1 aromatic heterocycles. The molecule has 6 heteroatoms. The minimum Gasteiger partial charge on any atom is -0.368 e. The van der Waals surface area contributed by atoms with Gasteiger partial charge in [0.1, 0.15) is 0 Å². The van der Waals surface area contributed by atoms with Crippen molar-refractivity contribution in [3.8, 4) is 0 Å². The highest BCUT2D eigenvalue weighted by Gasteiger charge is 2.05. The third kappa shape index (κ3) is 2.41. The number of nitrogens with one attached hydrogen (secondary N) is 1. The number of hydrogen-bond acceptors (Lipinski definition) is 6. The van der Waals surface area contributed by atoms with Gasteiger partial charge in [-0.25, -0.2) is 0 Å². The summed E-state index contributed by atoms with van der Waals surface area (Å²) in [6, 6.07) is 5.94. The van der Waals surface area contributed by atoms with E-state index in [2.05, 4.69) is 20.3 Å². The topological polar surface area (TPSA) is 103 Å². The highest BCUT2D eigenvalue weighted by Crippen LogP contribution is 2.21. The van der Waals surface area contributed by atoms with Gasteiger partial charge in [-0.2, -0.15) is 15.0 Å². The normalized spacial score (nSPS) is 10.2. The molecule has 0 atom stereocenters. The number of benzene rings is 1. The fourth-order valence-corrected chi connectivity index (χ4v) is 1.47. The molecule has 1 heterocycles. The lowest BCUT2D eigenvalue weighted by Crippen LogP contribution is -2.07. The Hall–Kier alpha value is -2.37. The summed E-state index contributed by atoms with van der Waals surface area (Å²) < 4.78 is 0. The van der Waals surface area contributed by atoms with Crippen LogP contribution >= 0.6 is 0 Å². The van der Waals surface area contributed by atoms with Gasteiger partial charge in [-0.1, -0.05) is 12.1 Å². The van der Waals surface area contributed by atoms with E-state index < -0.39 is 0 Å². The molecule has 17 heavy (non-hydrogen) atoms. The Balaban J connectivity index is 2.34. The van der Waals surface area contributed by atoms with Gasteiger partial charge < -0.3 is 16.8 Å². The third-order valence-electron chi connectivity index (χ3n) is 2.52. The van der Waals surface area contributed by atoms with Gasteiger partial charge in [-0.15, -0.1) is 0 Å². The highest BCUT2D eigenvalue weighted by molar-refractivity contribution is 5.60. The molecule has 2 rings (SSSR count). The molecule has 0 aliphatic rings. The first-order valence-corrected chi connectivity index (χ1v) is 5.16. The molecule has 0 saturated heterocycles. The van der Waals surface area contributed by atoms with Crippen molar-refractivity contribution in [1.29, 1.82) is 0 Å². The molecule has 2 aromatic rings. The number of hydrogen-bond donors (Lipinski definition) is 3. The number of nitrogen functional groups attached to an aromatic ring is 2. The second-order valence-corrected chi connectivity index (χ2v) is 3.75. The van der Waals surface area contributed by atoms with E-state index in [0.717, 1.165) is 11.3 Å². The first kappa shape index (κ1) is 11.1. The van der Waals surface area contributed by atoms with Crippen LogP contribution in [-0.2, 0) is 0 Å². The second kappa shape index (κ2) is 4.25. The van der Waals surface area contributed by atoms with Crippen molar-refractivity contribution in [3.05, 3.63) is 29.3 Å². The monoisotopic (exact) mass is 230 g/mol. The smallest absolute Gasteiger partial charge is 0.233 e. The quantitative estimate of drug-likeness (QED) is 0.720. The van der Waals surface area contributed by atoms with E-state index in [1.807, 2.05) is 32.0 Å². The Kier molecular flexibility index (Phi) is 2.78. The molecule has 0 radical (unpaired) electrons. The minimum absolute atomic E-state index is 0.102. The van der Waals surface area contributed by atoms with Crippen molar-refractivity contribution < 1.29 is 0 Å². The van der Waals surface area contributed by atoms with Crippen molar-refractivity contribution in [1.82, 2.24) is 15.0 Å². The van der Waals surface area contributed by atoms with Crippen molar-refractivity contribution in [2.45, 2.75) is 13.8 Å². The van der Waals surface area contributed by atoms with Gasteiger partial charge >= 0.3 is 0 Å². The summed E-state index contributed by atoms with van der Waals surface area (Å²) in [6.45, 7) is 4.06. The van der Waals surface area contributed by atoms with Crippen molar-refractivity contribution in [2.24, 2.45) is 0 Å². The molecule has 88 valence electrons. The molecule has 1 aromatic carbocycles. The minimum atomic E-state index is 0.102. The van der Waals surface area contributed by atoms with Gasteiger partial charge in [0.05, 0.1) is 0 Å². The fourth-order valence-electron chi connectivity index (χ4n) is 1.47. The van der Waals surface area contributed by atoms with E-state index in [4.69, 9.17) is 11.5 Å². The standard InChI is InChI=1S/C11H14N6/c1-6-4-3-5-8(7(6)2)14-11-16-9(12)15-10(13)17-11/h3-5H,1-2H3,(H5,12,13,14,15,16,17). The van der Waals surface area contributed by atoms with E-state index >= 15 is 0 Å². The van der Waals surface area contributed by atoms with Crippen LogP contribution in [0.1, 0.15) is 11.1 Å². The molecule has 0 bridgehead atoms. The van der Waals surface area contributed by atoms with Gasteiger partial charge in [0.25, 0.3) is 0 Å². The molecular formula is C11H14N6. The second-order valence-electron chi connectivity index (χ2n) is 3.75. The number of rotatable bonds is 2. The lowest BCUT2D eigenvalue weighted by atomic mass is 10.1. The van der Waals surface area contributed by atoms with E-state index in [9.17, 15) is 0 Å². The summed E-state index contributed by atoms with van der Waals surface area (Å²) in [6.07, 6.45) is 0. The highest BCUT2D eigenvalue weighted by atomic mass is 15.2. The van der Waals surface area contributed by atoms with Crippen LogP contribution in [0.4, 0.5) is 23.5 Å². The van der Waals surface area contributed by atoms with Crippen molar-refractivity contribution in [3.63, 3.8) is 0 Å². The van der Waals surface area contributed by atoms with Crippen LogP contribution in [-0.4, -0.2) is 15.0 Å². The maximum atomic E-state index is 5.50. The van der Waals surface area contributed by atoms with Gasteiger partial charge in [-0.05, 0) is 31.0 Å². The van der Waals surface area contributed by atoms with Crippen molar-refractivity contribution >= 4 is 23.5 Å². The fraction of sp³-hybridized carbons (Fsp3) is 0.182. The first-order chi connectivity index (χ1) is 8.06. The maximum Gasteiger partial charge on any atom is 0.233 e. The lowest BCUT2D eigenvalue weighted by molar-refractivity contribution is 1.08. The number of nitrogens with zero attached hydrogens (tertiary/aromatic N) is 3. The lowest BCUT2D eigenvalue weighted by Gasteiger charge is -2.10. The number of nitrogens with two attached hydrogens (primary N) is 2. The Morgan fingerprint density at radius 2 is 1.65 bits per heavy atom. The molecule has 6 nitrogen and oxygen atoms in total. The zero-order valence-electron chi connectivity index (χ0n) is 9.73. The number of aromatic nitrogens is 3. The van der Waals surface area contributed by atoms with Crippen LogP contribution in [0, 0.1) is 13.8 Å².